The van der Waals surface area contributed by atoms with Crippen molar-refractivity contribution in [2.24, 2.45) is 0 Å². The van der Waals surface area contributed by atoms with E-state index >= 15 is 0 Å². The molecule has 1 N–H and O–H groups in total. The Bertz CT molecular complexity index is 1070. The van der Waals surface area contributed by atoms with Gasteiger partial charge in [0, 0.05) is 22.0 Å². The number of aromatic nitrogens is 2. The number of nitrogens with zero attached hydrogens (tertiary/aromatic N) is 2. The van der Waals surface area contributed by atoms with Crippen molar-refractivity contribution < 1.29 is 5.11 Å². The Morgan fingerprint density at radius 1 is 1.17 bits per heavy atom. The lowest BCUT2D eigenvalue weighted by Gasteiger charge is -2.34. The van der Waals surface area contributed by atoms with Gasteiger partial charge in [0.1, 0.15) is 11.5 Å². The van der Waals surface area contributed by atoms with Gasteiger partial charge in [0.05, 0.1) is 15.9 Å². The van der Waals surface area contributed by atoms with Crippen LogP contribution in [0.3, 0.4) is 0 Å². The van der Waals surface area contributed by atoms with Crippen LogP contribution >= 0.6 is 34.8 Å². The molecule has 1 aromatic heterocycles. The maximum atomic E-state index is 13.0. The van der Waals surface area contributed by atoms with Crippen molar-refractivity contribution in [2.45, 2.75) is 19.1 Å². The number of hydrogen-bond acceptors (Lipinski definition) is 3. The van der Waals surface area contributed by atoms with Crippen LogP contribution in [-0.2, 0) is 12.1 Å². The zero-order valence-electron chi connectivity index (χ0n) is 12.5. The van der Waals surface area contributed by atoms with Crippen LogP contribution in [0.2, 0.25) is 15.1 Å². The first-order valence-corrected chi connectivity index (χ1v) is 8.35. The van der Waals surface area contributed by atoms with E-state index in [9.17, 15) is 9.90 Å². The fraction of sp³-hybridized carbons (Fsp3) is 0.176. The molecule has 1 aliphatic rings. The molecule has 0 spiro atoms. The molecule has 4 rings (SSSR count). The highest BCUT2D eigenvalue weighted by Crippen LogP contribution is 2.37. The largest absolute Gasteiger partial charge is 0.370 e. The smallest absolute Gasteiger partial charge is 0.264 e. The Morgan fingerprint density at radius 3 is 2.67 bits per heavy atom. The molecule has 122 valence electrons. The topological polar surface area (TPSA) is 55.1 Å². The molecule has 0 aliphatic carbocycles. The maximum Gasteiger partial charge on any atom is 0.264 e. The van der Waals surface area contributed by atoms with Crippen molar-refractivity contribution in [3.8, 4) is 11.4 Å². The first-order chi connectivity index (χ1) is 11.3. The van der Waals surface area contributed by atoms with Crippen LogP contribution in [0.5, 0.6) is 0 Å². The van der Waals surface area contributed by atoms with Crippen molar-refractivity contribution in [1.29, 1.82) is 0 Å². The molecule has 2 heterocycles. The van der Waals surface area contributed by atoms with Crippen LogP contribution in [-0.4, -0.2) is 14.7 Å². The number of rotatable bonds is 0. The summed E-state index contributed by atoms with van der Waals surface area (Å²) in [5, 5.41) is 12.3. The molecule has 2 aromatic carbocycles. The van der Waals surface area contributed by atoms with Gasteiger partial charge in [-0.1, -0.05) is 40.9 Å². The van der Waals surface area contributed by atoms with Crippen LogP contribution in [0, 0.1) is 0 Å². The van der Waals surface area contributed by atoms with Crippen LogP contribution in [0.25, 0.3) is 22.3 Å². The Kier molecular flexibility index (Phi) is 3.45. The number of benzene rings is 2. The van der Waals surface area contributed by atoms with E-state index in [-0.39, 0.29) is 16.8 Å². The quantitative estimate of drug-likeness (QED) is 0.633. The number of aliphatic hydroxyl groups is 1. The molecular formula is C17H11Cl3N2O2. The number of hydrogen-bond donors (Lipinski definition) is 1. The van der Waals surface area contributed by atoms with E-state index in [0.29, 0.717) is 26.9 Å². The average molecular weight is 382 g/mol. The molecule has 0 saturated carbocycles. The second-order valence-electron chi connectivity index (χ2n) is 6.05. The first kappa shape index (κ1) is 15.9. The predicted molar refractivity (Wildman–Crippen MR) is 96.0 cm³/mol. The third-order valence-electron chi connectivity index (χ3n) is 4.21. The molecule has 0 amide bonds. The normalized spacial score (nSPS) is 19.2. The van der Waals surface area contributed by atoms with Crippen molar-refractivity contribution in [3.05, 3.63) is 61.3 Å². The van der Waals surface area contributed by atoms with E-state index in [1.165, 1.54) is 16.7 Å². The fourth-order valence-corrected chi connectivity index (χ4v) is 3.90. The van der Waals surface area contributed by atoms with Crippen LogP contribution in [0.4, 0.5) is 0 Å². The monoisotopic (exact) mass is 380 g/mol. The molecular weight excluding hydrogens is 371 g/mol. The summed E-state index contributed by atoms with van der Waals surface area (Å²) in [6.07, 6.45) is 0.272. The Balaban J connectivity index is 2.21. The van der Waals surface area contributed by atoms with Gasteiger partial charge in [-0.3, -0.25) is 9.36 Å². The Morgan fingerprint density at radius 2 is 1.92 bits per heavy atom. The van der Waals surface area contributed by atoms with Gasteiger partial charge in [-0.2, -0.15) is 0 Å². The molecule has 4 nitrogen and oxygen atoms in total. The van der Waals surface area contributed by atoms with E-state index in [0.717, 1.165) is 5.56 Å². The summed E-state index contributed by atoms with van der Waals surface area (Å²) in [7, 11) is 0. The second-order valence-corrected chi connectivity index (χ2v) is 7.34. The Labute approximate surface area is 152 Å². The summed E-state index contributed by atoms with van der Waals surface area (Å²) in [6.45, 7) is 1.58. The average Bonchev–Trinajstić information content (AvgIpc) is 2.48. The van der Waals surface area contributed by atoms with E-state index < -0.39 is 11.3 Å². The standard InChI is InChI=1S/C17H11Cl3N2O2/c1-17(24)7-8-2-3-9(18)4-11(8)15-21-14-12(16(23)22(15)17)5-10(19)6-13(14)20/h2-6,24H,7H2,1H3. The van der Waals surface area contributed by atoms with Crippen LogP contribution < -0.4 is 5.56 Å². The minimum absolute atomic E-state index is 0.266. The molecule has 0 saturated heterocycles. The van der Waals surface area contributed by atoms with Gasteiger partial charge >= 0.3 is 0 Å². The van der Waals surface area contributed by atoms with E-state index in [1.54, 1.807) is 19.1 Å². The summed E-state index contributed by atoms with van der Waals surface area (Å²) >= 11 is 18.3. The molecule has 0 radical (unpaired) electrons. The zero-order chi connectivity index (χ0) is 17.2. The van der Waals surface area contributed by atoms with Gasteiger partial charge in [-0.05, 0) is 36.8 Å². The van der Waals surface area contributed by atoms with Gasteiger partial charge < -0.3 is 5.11 Å². The summed E-state index contributed by atoms with van der Waals surface area (Å²) in [5.74, 6) is 0.338. The zero-order valence-corrected chi connectivity index (χ0v) is 14.7. The second kappa shape index (κ2) is 5.20. The van der Waals surface area contributed by atoms with Gasteiger partial charge in [0.2, 0.25) is 0 Å². The van der Waals surface area contributed by atoms with E-state index in [2.05, 4.69) is 4.98 Å². The van der Waals surface area contributed by atoms with Gasteiger partial charge in [-0.15, -0.1) is 0 Å². The third kappa shape index (κ3) is 2.25. The summed E-state index contributed by atoms with van der Waals surface area (Å²) in [4.78, 5) is 17.5. The van der Waals surface area contributed by atoms with Crippen molar-refractivity contribution in [3.63, 3.8) is 0 Å². The fourth-order valence-electron chi connectivity index (χ4n) is 3.19. The van der Waals surface area contributed by atoms with Crippen molar-refractivity contribution in [1.82, 2.24) is 9.55 Å². The summed E-state index contributed by atoms with van der Waals surface area (Å²) in [5.41, 5.74) is 0.110. The lowest BCUT2D eigenvalue weighted by molar-refractivity contribution is -0.0225. The highest BCUT2D eigenvalue weighted by atomic mass is 35.5. The summed E-state index contributed by atoms with van der Waals surface area (Å²) in [6, 6.07) is 8.36. The molecule has 1 aliphatic heterocycles. The molecule has 3 aromatic rings. The molecule has 0 bridgehead atoms. The molecule has 0 fully saturated rings. The third-order valence-corrected chi connectivity index (χ3v) is 4.95. The lowest BCUT2D eigenvalue weighted by atomic mass is 9.93. The van der Waals surface area contributed by atoms with Gasteiger partial charge in [-0.25, -0.2) is 4.98 Å². The highest BCUT2D eigenvalue weighted by molar-refractivity contribution is 6.38. The minimum atomic E-state index is -1.41. The highest BCUT2D eigenvalue weighted by Gasteiger charge is 2.35. The predicted octanol–water partition coefficient (Wildman–Crippen LogP) is 4.24. The van der Waals surface area contributed by atoms with E-state index in [1.807, 2.05) is 6.07 Å². The van der Waals surface area contributed by atoms with Crippen molar-refractivity contribution >= 4 is 45.7 Å². The van der Waals surface area contributed by atoms with Gasteiger partial charge in [0.15, 0.2) is 0 Å². The molecule has 1 atom stereocenters. The molecule has 1 unspecified atom stereocenters. The van der Waals surface area contributed by atoms with Crippen LogP contribution in [0.15, 0.2) is 35.1 Å². The lowest BCUT2D eigenvalue weighted by Crippen LogP contribution is -2.44. The first-order valence-electron chi connectivity index (χ1n) is 7.21. The Hall–Kier alpha value is -1.59. The minimum Gasteiger partial charge on any atom is -0.370 e. The van der Waals surface area contributed by atoms with Gasteiger partial charge in [0.25, 0.3) is 5.56 Å². The number of fused-ring (bicyclic) bond motifs is 4. The van der Waals surface area contributed by atoms with Crippen LogP contribution in [0.1, 0.15) is 12.5 Å². The van der Waals surface area contributed by atoms with E-state index in [4.69, 9.17) is 34.8 Å². The molecule has 7 heteroatoms. The van der Waals surface area contributed by atoms with Crippen molar-refractivity contribution in [2.75, 3.05) is 0 Å². The maximum absolute atomic E-state index is 13.0. The SMILES string of the molecule is CC1(O)Cc2ccc(Cl)cc2-c2nc3c(Cl)cc(Cl)cc3c(=O)n21. The number of halogens is 3. The summed E-state index contributed by atoms with van der Waals surface area (Å²) < 4.78 is 1.28. The molecule has 24 heavy (non-hydrogen) atoms.